The molecule has 2 aromatic rings. The van der Waals surface area contributed by atoms with Crippen molar-refractivity contribution in [2.75, 3.05) is 20.8 Å². The minimum atomic E-state index is -0.559. The van der Waals surface area contributed by atoms with Crippen molar-refractivity contribution in [2.24, 2.45) is 5.73 Å². The normalized spacial score (nSPS) is 15.1. The predicted octanol–water partition coefficient (Wildman–Crippen LogP) is 2.69. The quantitative estimate of drug-likeness (QED) is 0.660. The van der Waals surface area contributed by atoms with Crippen molar-refractivity contribution < 1.29 is 23.8 Å². The maximum atomic E-state index is 12.6. The number of benzene rings is 2. The van der Waals surface area contributed by atoms with Crippen LogP contribution in [0.4, 0.5) is 0 Å². The van der Waals surface area contributed by atoms with Gasteiger partial charge in [0.05, 0.1) is 14.2 Å². The van der Waals surface area contributed by atoms with E-state index in [4.69, 9.17) is 19.9 Å². The summed E-state index contributed by atoms with van der Waals surface area (Å²) < 4.78 is 15.9. The number of aryl methyl sites for hydroxylation is 1. The summed E-state index contributed by atoms with van der Waals surface area (Å²) >= 11 is 0. The van der Waals surface area contributed by atoms with Gasteiger partial charge in [-0.15, -0.1) is 0 Å². The highest BCUT2D eigenvalue weighted by Crippen LogP contribution is 2.35. The van der Waals surface area contributed by atoms with Gasteiger partial charge >= 0.3 is 0 Å². The lowest BCUT2D eigenvalue weighted by molar-refractivity contribution is -0.122. The van der Waals surface area contributed by atoms with Crippen LogP contribution in [0.3, 0.4) is 0 Å². The van der Waals surface area contributed by atoms with E-state index in [2.05, 4.69) is 17.4 Å². The van der Waals surface area contributed by atoms with Gasteiger partial charge in [-0.2, -0.15) is 0 Å². The molecule has 1 atom stereocenters. The molecule has 2 aromatic carbocycles. The molecular weight excluding hydrogens is 384 g/mol. The molecule has 0 spiro atoms. The molecule has 7 nitrogen and oxygen atoms in total. The van der Waals surface area contributed by atoms with Crippen LogP contribution < -0.4 is 25.3 Å². The second-order valence-electron chi connectivity index (χ2n) is 7.37. The maximum absolute atomic E-state index is 12.6. The van der Waals surface area contributed by atoms with Crippen LogP contribution in [0.15, 0.2) is 36.4 Å². The van der Waals surface area contributed by atoms with E-state index >= 15 is 0 Å². The third kappa shape index (κ3) is 5.43. The van der Waals surface area contributed by atoms with Gasteiger partial charge in [-0.25, -0.2) is 0 Å². The lowest BCUT2D eigenvalue weighted by Crippen LogP contribution is -2.26. The zero-order chi connectivity index (χ0) is 21.5. The Morgan fingerprint density at radius 2 is 1.93 bits per heavy atom. The monoisotopic (exact) mass is 412 g/mol. The second-order valence-corrected chi connectivity index (χ2v) is 7.37. The van der Waals surface area contributed by atoms with Crippen LogP contribution in [-0.4, -0.2) is 32.6 Å². The summed E-state index contributed by atoms with van der Waals surface area (Å²) in [7, 11) is 3.19. The van der Waals surface area contributed by atoms with Gasteiger partial charge in [0, 0.05) is 13.0 Å². The van der Waals surface area contributed by atoms with Gasteiger partial charge < -0.3 is 25.3 Å². The van der Waals surface area contributed by atoms with Crippen LogP contribution in [0, 0.1) is 0 Å². The molecule has 30 heavy (non-hydrogen) atoms. The summed E-state index contributed by atoms with van der Waals surface area (Å²) in [5.74, 6) is 1.45. The maximum Gasteiger partial charge on any atom is 0.255 e. The summed E-state index contributed by atoms with van der Waals surface area (Å²) in [6, 6.07) is 11.4. The van der Waals surface area contributed by atoms with Crippen LogP contribution in [-0.2, 0) is 22.6 Å². The van der Waals surface area contributed by atoms with E-state index in [1.807, 2.05) is 12.1 Å². The van der Waals surface area contributed by atoms with E-state index in [1.54, 1.807) is 19.2 Å². The van der Waals surface area contributed by atoms with E-state index in [9.17, 15) is 9.59 Å². The van der Waals surface area contributed by atoms with Crippen molar-refractivity contribution in [1.29, 1.82) is 0 Å². The molecule has 0 radical (unpaired) electrons. The number of nitrogens with two attached hydrogens (primary N) is 1. The smallest absolute Gasteiger partial charge is 0.255 e. The van der Waals surface area contributed by atoms with Gasteiger partial charge in [-0.05, 0) is 66.1 Å². The Labute approximate surface area is 176 Å². The van der Waals surface area contributed by atoms with Crippen LogP contribution >= 0.6 is 0 Å². The third-order valence-corrected chi connectivity index (χ3v) is 5.31. The fourth-order valence-electron chi connectivity index (χ4n) is 3.82. The molecule has 1 aliphatic carbocycles. The summed E-state index contributed by atoms with van der Waals surface area (Å²) in [6.45, 7) is 0.161. The average molecular weight is 412 g/mol. The van der Waals surface area contributed by atoms with E-state index in [-0.39, 0.29) is 18.4 Å². The number of ether oxygens (including phenoxy) is 3. The first-order chi connectivity index (χ1) is 14.5. The van der Waals surface area contributed by atoms with Gasteiger partial charge in [0.1, 0.15) is 5.75 Å². The Bertz CT molecular complexity index is 912. The van der Waals surface area contributed by atoms with Gasteiger partial charge in [0.2, 0.25) is 5.91 Å². The number of amides is 2. The molecule has 0 fully saturated rings. The van der Waals surface area contributed by atoms with Gasteiger partial charge in [0.25, 0.3) is 5.91 Å². The number of primary amides is 1. The van der Waals surface area contributed by atoms with Crippen molar-refractivity contribution in [3.8, 4) is 17.2 Å². The molecule has 160 valence electrons. The fraction of sp³-hybridized carbons (Fsp3) is 0.391. The van der Waals surface area contributed by atoms with Gasteiger partial charge in [0.15, 0.2) is 18.1 Å². The van der Waals surface area contributed by atoms with Crippen molar-refractivity contribution in [2.45, 2.75) is 38.1 Å². The van der Waals surface area contributed by atoms with Crippen LogP contribution in [0.1, 0.15) is 41.9 Å². The topological polar surface area (TPSA) is 99.9 Å². The Kier molecular flexibility index (Phi) is 7.17. The molecule has 3 rings (SSSR count). The summed E-state index contributed by atoms with van der Waals surface area (Å²) in [6.07, 6.45) is 3.55. The predicted molar refractivity (Wildman–Crippen MR) is 113 cm³/mol. The molecule has 7 heteroatoms. The first-order valence-corrected chi connectivity index (χ1v) is 10.0. The van der Waals surface area contributed by atoms with Crippen LogP contribution in [0.5, 0.6) is 17.2 Å². The molecule has 0 saturated heterocycles. The van der Waals surface area contributed by atoms with Crippen molar-refractivity contribution >= 4 is 11.8 Å². The number of nitrogens with one attached hydrogen (secondary N) is 1. The molecule has 0 bridgehead atoms. The van der Waals surface area contributed by atoms with E-state index in [0.717, 1.165) is 30.6 Å². The molecule has 0 saturated carbocycles. The minimum Gasteiger partial charge on any atom is -0.497 e. The highest BCUT2D eigenvalue weighted by atomic mass is 16.5. The molecule has 3 N–H and O–H groups in total. The number of hydrogen-bond donors (Lipinski definition) is 2. The summed E-state index contributed by atoms with van der Waals surface area (Å²) in [5.41, 5.74) is 8.50. The average Bonchev–Trinajstić information content (AvgIpc) is 2.76. The first kappa shape index (κ1) is 21.5. The zero-order valence-electron chi connectivity index (χ0n) is 17.4. The molecule has 0 aliphatic heterocycles. The van der Waals surface area contributed by atoms with Crippen molar-refractivity contribution in [1.82, 2.24) is 5.32 Å². The van der Waals surface area contributed by atoms with Gasteiger partial charge in [-0.1, -0.05) is 12.1 Å². The Hall–Kier alpha value is -3.22. The number of carbonyl (C=O) groups excluding carboxylic acids is 2. The molecule has 0 aromatic heterocycles. The zero-order valence-corrected chi connectivity index (χ0v) is 17.4. The Morgan fingerprint density at radius 1 is 1.10 bits per heavy atom. The largest absolute Gasteiger partial charge is 0.497 e. The first-order valence-electron chi connectivity index (χ1n) is 10.0. The SMILES string of the molecule is COc1ccc2c(c1)CCCC2CC(=O)NCc1ccc(OCC(N)=O)c(OC)c1. The number of methoxy groups -OCH3 is 2. The molecule has 2 amide bonds. The fourth-order valence-corrected chi connectivity index (χ4v) is 3.82. The van der Waals surface area contributed by atoms with Gasteiger partial charge in [-0.3, -0.25) is 9.59 Å². The summed E-state index contributed by atoms with van der Waals surface area (Å²) in [5, 5.41) is 2.99. The number of hydrogen-bond acceptors (Lipinski definition) is 5. The van der Waals surface area contributed by atoms with Crippen LogP contribution in [0.25, 0.3) is 0 Å². The van der Waals surface area contributed by atoms with E-state index in [1.165, 1.54) is 18.2 Å². The number of rotatable bonds is 9. The van der Waals surface area contributed by atoms with Crippen molar-refractivity contribution in [3.05, 3.63) is 53.1 Å². The Balaban J connectivity index is 1.58. The van der Waals surface area contributed by atoms with E-state index < -0.39 is 5.91 Å². The second kappa shape index (κ2) is 10.0. The highest BCUT2D eigenvalue weighted by molar-refractivity contribution is 5.77. The van der Waals surface area contributed by atoms with Crippen molar-refractivity contribution in [3.63, 3.8) is 0 Å². The lowest BCUT2D eigenvalue weighted by atomic mass is 9.81. The van der Waals surface area contributed by atoms with Crippen LogP contribution in [0.2, 0.25) is 0 Å². The number of carbonyl (C=O) groups is 2. The Morgan fingerprint density at radius 3 is 2.67 bits per heavy atom. The third-order valence-electron chi connectivity index (χ3n) is 5.31. The molecule has 1 aliphatic rings. The minimum absolute atomic E-state index is 0.0108. The van der Waals surface area contributed by atoms with E-state index in [0.29, 0.717) is 24.5 Å². The standard InChI is InChI=1S/C23H28N2O5/c1-28-18-7-8-19-16(11-18)4-3-5-17(19)12-23(27)25-13-15-6-9-20(21(10-15)29-2)30-14-22(24)26/h6-11,17H,3-5,12-14H2,1-2H3,(H2,24,26)(H,25,27). The number of fused-ring (bicyclic) bond motifs is 1. The summed E-state index contributed by atoms with van der Waals surface area (Å²) in [4.78, 5) is 23.5. The highest BCUT2D eigenvalue weighted by Gasteiger charge is 2.23. The molecular formula is C23H28N2O5. The molecule has 0 heterocycles. The lowest BCUT2D eigenvalue weighted by Gasteiger charge is -2.25. The molecule has 1 unspecified atom stereocenters.